The van der Waals surface area contributed by atoms with Gasteiger partial charge in [0, 0.05) is 18.1 Å². The van der Waals surface area contributed by atoms with Gasteiger partial charge in [0.15, 0.2) is 0 Å². The van der Waals surface area contributed by atoms with Crippen molar-refractivity contribution in [2.24, 2.45) is 0 Å². The zero-order chi connectivity index (χ0) is 9.80. The Hall–Kier alpha value is -1.42. The van der Waals surface area contributed by atoms with E-state index in [1.54, 1.807) is 12.4 Å². The number of nitrogens with one attached hydrogen (secondary N) is 1. The van der Waals surface area contributed by atoms with Gasteiger partial charge in [-0.2, -0.15) is 0 Å². The Labute approximate surface area is 90.3 Å². The molecule has 0 radical (unpaired) electrons. The number of pyridine rings is 2. The second-order valence-electron chi connectivity index (χ2n) is 2.71. The maximum atomic E-state index is 4.16. The summed E-state index contributed by atoms with van der Waals surface area (Å²) in [7, 11) is 0. The number of aromatic nitrogens is 2. The first-order valence-electron chi connectivity index (χ1n) is 4.14. The number of hydrogen-bond donors (Lipinski definition) is 1. The number of rotatable bonds is 2. The van der Waals surface area contributed by atoms with Crippen molar-refractivity contribution in [1.82, 2.24) is 9.97 Å². The third-order valence-corrected chi connectivity index (χ3v) is 2.10. The first-order chi connectivity index (χ1) is 6.84. The summed E-state index contributed by atoms with van der Waals surface area (Å²) in [6.45, 7) is 0. The summed E-state index contributed by atoms with van der Waals surface area (Å²) in [6.07, 6.45) is 3.48. The first kappa shape index (κ1) is 9.15. The van der Waals surface area contributed by atoms with Crippen molar-refractivity contribution in [3.05, 3.63) is 47.3 Å². The molecule has 0 saturated heterocycles. The van der Waals surface area contributed by atoms with Gasteiger partial charge in [0.05, 0.1) is 0 Å². The van der Waals surface area contributed by atoms with Crippen LogP contribution in [0.1, 0.15) is 0 Å². The lowest BCUT2D eigenvalue weighted by Gasteiger charge is -2.04. The fourth-order valence-electron chi connectivity index (χ4n) is 1.06. The third-order valence-electron chi connectivity index (χ3n) is 1.66. The Balaban J connectivity index is 2.19. The molecular weight excluding hydrogens is 242 g/mol. The van der Waals surface area contributed by atoms with Crippen LogP contribution in [0.4, 0.5) is 11.5 Å². The summed E-state index contributed by atoms with van der Waals surface area (Å²) >= 11 is 3.30. The molecule has 0 saturated carbocycles. The molecule has 0 aliphatic heterocycles. The molecule has 0 unspecified atom stereocenters. The van der Waals surface area contributed by atoms with Crippen LogP contribution in [0.25, 0.3) is 0 Å². The highest BCUT2D eigenvalue weighted by molar-refractivity contribution is 9.10. The monoisotopic (exact) mass is 249 g/mol. The normalized spacial score (nSPS) is 9.79. The number of nitrogens with zero attached hydrogens (tertiary/aromatic N) is 2. The van der Waals surface area contributed by atoms with Gasteiger partial charge in [-0.25, -0.2) is 9.97 Å². The van der Waals surface area contributed by atoms with E-state index < -0.39 is 0 Å². The van der Waals surface area contributed by atoms with E-state index in [0.29, 0.717) is 0 Å². The van der Waals surface area contributed by atoms with E-state index in [1.165, 1.54) is 0 Å². The van der Waals surface area contributed by atoms with E-state index in [2.05, 4.69) is 31.2 Å². The average Bonchev–Trinajstić information content (AvgIpc) is 2.19. The molecule has 1 N–H and O–H groups in total. The second-order valence-corrected chi connectivity index (χ2v) is 3.52. The van der Waals surface area contributed by atoms with Gasteiger partial charge >= 0.3 is 0 Å². The predicted octanol–water partition coefficient (Wildman–Crippen LogP) is 2.98. The van der Waals surface area contributed by atoms with Gasteiger partial charge in [-0.3, -0.25) is 0 Å². The minimum atomic E-state index is 0.804. The van der Waals surface area contributed by atoms with Crippen LogP contribution in [-0.4, -0.2) is 9.97 Å². The zero-order valence-electron chi connectivity index (χ0n) is 7.31. The van der Waals surface area contributed by atoms with Gasteiger partial charge in [-0.1, -0.05) is 6.07 Å². The van der Waals surface area contributed by atoms with Gasteiger partial charge < -0.3 is 5.32 Å². The summed E-state index contributed by atoms with van der Waals surface area (Å²) in [5, 5.41) is 3.16. The van der Waals surface area contributed by atoms with Crippen molar-refractivity contribution in [2.75, 3.05) is 5.32 Å². The molecule has 0 bridgehead atoms. The summed E-state index contributed by atoms with van der Waals surface area (Å²) in [5.41, 5.74) is 0.963. The van der Waals surface area contributed by atoms with Crippen LogP contribution in [0.15, 0.2) is 47.3 Å². The van der Waals surface area contributed by atoms with Crippen molar-refractivity contribution in [3.8, 4) is 0 Å². The summed E-state index contributed by atoms with van der Waals surface area (Å²) in [6, 6.07) is 9.52. The van der Waals surface area contributed by atoms with Crippen molar-refractivity contribution in [2.45, 2.75) is 0 Å². The van der Waals surface area contributed by atoms with Gasteiger partial charge in [0.2, 0.25) is 0 Å². The van der Waals surface area contributed by atoms with Gasteiger partial charge in [-0.15, -0.1) is 0 Å². The molecule has 3 nitrogen and oxygen atoms in total. The fourth-order valence-corrected chi connectivity index (χ4v) is 1.43. The Morgan fingerprint density at radius 2 is 2.00 bits per heavy atom. The molecule has 0 atom stereocenters. The van der Waals surface area contributed by atoms with Crippen LogP contribution < -0.4 is 5.32 Å². The molecule has 0 aliphatic rings. The molecule has 4 heteroatoms. The number of halogens is 1. The van der Waals surface area contributed by atoms with Crippen LogP contribution in [-0.2, 0) is 0 Å². The molecule has 70 valence electrons. The molecule has 0 fully saturated rings. The maximum Gasteiger partial charge on any atom is 0.130 e. The smallest absolute Gasteiger partial charge is 0.130 e. The van der Waals surface area contributed by atoms with Crippen LogP contribution in [0.3, 0.4) is 0 Å². The molecule has 2 rings (SSSR count). The number of hydrogen-bond acceptors (Lipinski definition) is 3. The highest BCUT2D eigenvalue weighted by atomic mass is 79.9. The van der Waals surface area contributed by atoms with Crippen molar-refractivity contribution in [3.63, 3.8) is 0 Å². The van der Waals surface area contributed by atoms with Crippen LogP contribution in [0, 0.1) is 0 Å². The molecule has 0 aliphatic carbocycles. The Kier molecular flexibility index (Phi) is 2.74. The van der Waals surface area contributed by atoms with Gasteiger partial charge in [0.25, 0.3) is 0 Å². The molecule has 0 amide bonds. The van der Waals surface area contributed by atoms with Crippen LogP contribution in [0.2, 0.25) is 0 Å². The van der Waals surface area contributed by atoms with E-state index in [-0.39, 0.29) is 0 Å². The maximum absolute atomic E-state index is 4.16. The highest BCUT2D eigenvalue weighted by Gasteiger charge is 1.95. The minimum Gasteiger partial charge on any atom is -0.340 e. The van der Waals surface area contributed by atoms with E-state index in [9.17, 15) is 0 Å². The molecule has 0 aromatic carbocycles. The predicted molar refractivity (Wildman–Crippen MR) is 59.5 cm³/mol. The van der Waals surface area contributed by atoms with E-state index in [1.807, 2.05) is 30.3 Å². The van der Waals surface area contributed by atoms with Crippen molar-refractivity contribution in [1.29, 1.82) is 0 Å². The summed E-state index contributed by atoms with van der Waals surface area (Å²) in [4.78, 5) is 8.19. The molecular formula is C10H8BrN3. The van der Waals surface area contributed by atoms with E-state index in [4.69, 9.17) is 0 Å². The van der Waals surface area contributed by atoms with Crippen LogP contribution in [0.5, 0.6) is 0 Å². The molecule has 2 aromatic heterocycles. The highest BCUT2D eigenvalue weighted by Crippen LogP contribution is 2.16. The molecule has 0 spiro atoms. The zero-order valence-corrected chi connectivity index (χ0v) is 8.90. The van der Waals surface area contributed by atoms with E-state index >= 15 is 0 Å². The lowest BCUT2D eigenvalue weighted by Crippen LogP contribution is -1.92. The van der Waals surface area contributed by atoms with E-state index in [0.717, 1.165) is 16.1 Å². The van der Waals surface area contributed by atoms with Crippen molar-refractivity contribution < 1.29 is 0 Å². The summed E-state index contributed by atoms with van der Waals surface area (Å²) in [5.74, 6) is 0.825. The molecule has 14 heavy (non-hydrogen) atoms. The Bertz CT molecular complexity index is 417. The molecule has 2 aromatic rings. The van der Waals surface area contributed by atoms with Crippen molar-refractivity contribution >= 4 is 27.4 Å². The Morgan fingerprint density at radius 1 is 1.07 bits per heavy atom. The number of anilines is 2. The third kappa shape index (κ3) is 2.29. The second kappa shape index (κ2) is 4.19. The Morgan fingerprint density at radius 3 is 2.71 bits per heavy atom. The SMILES string of the molecule is Brc1cc(Nc2ccccn2)ccn1. The van der Waals surface area contributed by atoms with Crippen LogP contribution >= 0.6 is 15.9 Å². The largest absolute Gasteiger partial charge is 0.340 e. The average molecular weight is 250 g/mol. The topological polar surface area (TPSA) is 37.8 Å². The molecule has 2 heterocycles. The lowest BCUT2D eigenvalue weighted by atomic mass is 10.4. The first-order valence-corrected chi connectivity index (χ1v) is 4.93. The quantitative estimate of drug-likeness (QED) is 0.832. The fraction of sp³-hybridized carbons (Fsp3) is 0. The lowest BCUT2D eigenvalue weighted by molar-refractivity contribution is 1.26. The van der Waals surface area contributed by atoms with Gasteiger partial charge in [0.1, 0.15) is 10.4 Å². The minimum absolute atomic E-state index is 0.804. The van der Waals surface area contributed by atoms with Gasteiger partial charge in [-0.05, 0) is 40.2 Å². The summed E-state index contributed by atoms with van der Waals surface area (Å²) < 4.78 is 0.804. The standard InChI is InChI=1S/C10H8BrN3/c11-9-7-8(4-6-12-9)14-10-3-1-2-5-13-10/h1-7H,(H,12,13,14).